The number of benzene rings is 1. The summed E-state index contributed by atoms with van der Waals surface area (Å²) in [6.45, 7) is 6.51. The van der Waals surface area contributed by atoms with Gasteiger partial charge in [0.05, 0.1) is 12.5 Å². The summed E-state index contributed by atoms with van der Waals surface area (Å²) in [5, 5.41) is 0. The van der Waals surface area contributed by atoms with Crippen LogP contribution in [-0.4, -0.2) is 0 Å². The van der Waals surface area contributed by atoms with Crippen LogP contribution in [0.25, 0.3) is 0 Å². The summed E-state index contributed by atoms with van der Waals surface area (Å²) in [5.74, 6) is 0. The van der Waals surface area contributed by atoms with Crippen molar-refractivity contribution in [2.24, 2.45) is 0 Å². The van der Waals surface area contributed by atoms with Crippen LogP contribution in [0.2, 0.25) is 0 Å². The van der Waals surface area contributed by atoms with Crippen molar-refractivity contribution in [2.45, 2.75) is 0 Å². The predicted molar refractivity (Wildman–Crippen MR) is 47.9 cm³/mol. The van der Waals surface area contributed by atoms with Crippen LogP contribution < -0.4 is 0 Å². The quantitative estimate of drug-likeness (QED) is 0.586. The molecule has 11 heavy (non-hydrogen) atoms. The first-order valence-electron chi connectivity index (χ1n) is 3.29. The molecule has 1 rings (SSSR count). The molecular weight excluding hydrogens is 136 g/mol. The van der Waals surface area contributed by atoms with Crippen molar-refractivity contribution >= 4 is 0 Å². The molecular formula is C10H12O. The third-order valence-corrected chi connectivity index (χ3v) is 0.859. The molecule has 0 atom stereocenters. The maximum Gasteiger partial charge on any atom is 0.0829 e. The molecule has 0 aromatic heterocycles. The molecule has 58 valence electrons. The molecule has 0 heterocycles. The summed E-state index contributed by atoms with van der Waals surface area (Å²) in [6.07, 6.45) is 2.62. The van der Waals surface area contributed by atoms with Gasteiger partial charge in [0.2, 0.25) is 0 Å². The van der Waals surface area contributed by atoms with Crippen molar-refractivity contribution in [1.29, 1.82) is 0 Å². The van der Waals surface area contributed by atoms with Crippen molar-refractivity contribution in [1.82, 2.24) is 0 Å². The van der Waals surface area contributed by atoms with E-state index in [4.69, 9.17) is 0 Å². The Morgan fingerprint density at radius 1 is 0.727 bits per heavy atom. The van der Waals surface area contributed by atoms with Crippen LogP contribution in [0, 0.1) is 0 Å². The SMILES string of the molecule is C=COC=C.c1ccccc1. The van der Waals surface area contributed by atoms with Crippen LogP contribution >= 0.6 is 0 Å². The van der Waals surface area contributed by atoms with Gasteiger partial charge in [-0.2, -0.15) is 0 Å². The van der Waals surface area contributed by atoms with Crippen LogP contribution in [-0.2, 0) is 4.74 Å². The van der Waals surface area contributed by atoms with E-state index in [1.807, 2.05) is 36.4 Å². The van der Waals surface area contributed by atoms with Gasteiger partial charge in [-0.1, -0.05) is 49.6 Å². The Morgan fingerprint density at radius 2 is 1.00 bits per heavy atom. The minimum Gasteiger partial charge on any atom is -0.474 e. The lowest BCUT2D eigenvalue weighted by Gasteiger charge is -1.76. The van der Waals surface area contributed by atoms with E-state index in [0.717, 1.165) is 0 Å². The van der Waals surface area contributed by atoms with Crippen LogP contribution in [0.15, 0.2) is 62.1 Å². The summed E-state index contributed by atoms with van der Waals surface area (Å²) in [4.78, 5) is 0. The van der Waals surface area contributed by atoms with Gasteiger partial charge >= 0.3 is 0 Å². The highest BCUT2D eigenvalue weighted by molar-refractivity contribution is 4.99. The number of hydrogen-bond acceptors (Lipinski definition) is 1. The second-order valence-corrected chi connectivity index (χ2v) is 1.62. The minimum absolute atomic E-state index is 1.31. The van der Waals surface area contributed by atoms with Crippen LogP contribution in [0.5, 0.6) is 0 Å². The van der Waals surface area contributed by atoms with E-state index in [1.54, 1.807) is 0 Å². The van der Waals surface area contributed by atoms with Gasteiger partial charge in [0, 0.05) is 0 Å². The zero-order chi connectivity index (χ0) is 8.36. The minimum atomic E-state index is 1.31. The molecule has 0 radical (unpaired) electrons. The van der Waals surface area contributed by atoms with Crippen molar-refractivity contribution < 1.29 is 4.74 Å². The van der Waals surface area contributed by atoms with Gasteiger partial charge in [0.25, 0.3) is 0 Å². The van der Waals surface area contributed by atoms with Gasteiger partial charge in [0.15, 0.2) is 0 Å². The summed E-state index contributed by atoms with van der Waals surface area (Å²) in [7, 11) is 0. The largest absolute Gasteiger partial charge is 0.474 e. The fourth-order valence-corrected chi connectivity index (χ4v) is 0.453. The topological polar surface area (TPSA) is 9.23 Å². The monoisotopic (exact) mass is 148 g/mol. The second-order valence-electron chi connectivity index (χ2n) is 1.62. The zero-order valence-corrected chi connectivity index (χ0v) is 6.44. The van der Waals surface area contributed by atoms with Gasteiger partial charge in [-0.25, -0.2) is 0 Å². The third kappa shape index (κ3) is 8.50. The summed E-state index contributed by atoms with van der Waals surface area (Å²) >= 11 is 0. The Hall–Kier alpha value is -1.50. The second kappa shape index (κ2) is 8.50. The van der Waals surface area contributed by atoms with E-state index in [9.17, 15) is 0 Å². The van der Waals surface area contributed by atoms with E-state index in [-0.39, 0.29) is 0 Å². The maximum atomic E-state index is 4.36. The van der Waals surface area contributed by atoms with Crippen molar-refractivity contribution in [3.05, 3.63) is 62.1 Å². The highest BCUT2D eigenvalue weighted by Gasteiger charge is 1.57. The van der Waals surface area contributed by atoms with Crippen molar-refractivity contribution in [2.75, 3.05) is 0 Å². The molecule has 0 N–H and O–H groups in total. The van der Waals surface area contributed by atoms with Gasteiger partial charge in [-0.15, -0.1) is 0 Å². The Morgan fingerprint density at radius 3 is 1.09 bits per heavy atom. The fourth-order valence-electron chi connectivity index (χ4n) is 0.453. The molecule has 0 saturated heterocycles. The molecule has 0 spiro atoms. The van der Waals surface area contributed by atoms with Crippen LogP contribution in [0.4, 0.5) is 0 Å². The van der Waals surface area contributed by atoms with E-state index in [1.165, 1.54) is 12.5 Å². The van der Waals surface area contributed by atoms with E-state index < -0.39 is 0 Å². The molecule has 0 bridgehead atoms. The summed E-state index contributed by atoms with van der Waals surface area (Å²) in [5.41, 5.74) is 0. The maximum absolute atomic E-state index is 4.36. The Labute approximate surface area is 67.6 Å². The smallest absolute Gasteiger partial charge is 0.0829 e. The first-order valence-corrected chi connectivity index (χ1v) is 3.29. The average Bonchev–Trinajstić information content (AvgIpc) is 2.10. The Bertz CT molecular complexity index is 147. The van der Waals surface area contributed by atoms with Gasteiger partial charge in [-0.05, 0) is 0 Å². The lowest BCUT2D eigenvalue weighted by Crippen LogP contribution is -1.52. The van der Waals surface area contributed by atoms with Crippen molar-refractivity contribution in [3.8, 4) is 0 Å². The summed E-state index contributed by atoms with van der Waals surface area (Å²) in [6, 6.07) is 12.0. The molecule has 0 amide bonds. The number of ether oxygens (including phenoxy) is 1. The molecule has 0 aliphatic carbocycles. The predicted octanol–water partition coefficient (Wildman–Crippen LogP) is 2.98. The third-order valence-electron chi connectivity index (χ3n) is 0.859. The number of rotatable bonds is 2. The lowest BCUT2D eigenvalue weighted by molar-refractivity contribution is 0.406. The normalized spacial score (nSPS) is 6.91. The molecule has 0 unspecified atom stereocenters. The fraction of sp³-hybridized carbons (Fsp3) is 0. The van der Waals surface area contributed by atoms with Gasteiger partial charge in [0.1, 0.15) is 0 Å². The average molecular weight is 148 g/mol. The Kier molecular flexibility index (Phi) is 7.34. The molecule has 1 aromatic rings. The van der Waals surface area contributed by atoms with Crippen LogP contribution in [0.3, 0.4) is 0 Å². The van der Waals surface area contributed by atoms with Gasteiger partial charge < -0.3 is 4.74 Å². The summed E-state index contributed by atoms with van der Waals surface area (Å²) < 4.78 is 4.36. The van der Waals surface area contributed by atoms with Crippen molar-refractivity contribution in [3.63, 3.8) is 0 Å². The highest BCUT2D eigenvalue weighted by atomic mass is 16.5. The molecule has 0 fully saturated rings. The van der Waals surface area contributed by atoms with Gasteiger partial charge in [-0.3, -0.25) is 0 Å². The first-order chi connectivity index (χ1) is 5.41. The molecule has 0 aliphatic heterocycles. The van der Waals surface area contributed by atoms with E-state index in [0.29, 0.717) is 0 Å². The van der Waals surface area contributed by atoms with Crippen LogP contribution in [0.1, 0.15) is 0 Å². The molecule has 1 aromatic carbocycles. The van der Waals surface area contributed by atoms with E-state index >= 15 is 0 Å². The highest BCUT2D eigenvalue weighted by Crippen LogP contribution is 1.79. The zero-order valence-electron chi connectivity index (χ0n) is 6.44. The number of hydrogen-bond donors (Lipinski definition) is 0. The lowest BCUT2D eigenvalue weighted by atomic mass is 10.4. The molecule has 0 aliphatic rings. The standard InChI is InChI=1S/C6H6.C4H6O/c1-2-4-6-5-3-1;1-3-5-4-2/h1-6H;3-4H,1-2H2. The molecule has 1 nitrogen and oxygen atoms in total. The Balaban J connectivity index is 0.000000187. The first kappa shape index (κ1) is 9.50. The van der Waals surface area contributed by atoms with E-state index in [2.05, 4.69) is 17.9 Å². The molecule has 1 heteroatoms. The molecule has 0 saturated carbocycles.